The molecule has 3 aromatic rings. The lowest BCUT2D eigenvalue weighted by Gasteiger charge is -2.08. The van der Waals surface area contributed by atoms with Gasteiger partial charge >= 0.3 is 5.97 Å². The molecule has 0 aliphatic heterocycles. The van der Waals surface area contributed by atoms with Crippen LogP contribution in [0.2, 0.25) is 0 Å². The highest BCUT2D eigenvalue weighted by Gasteiger charge is 2.22. The van der Waals surface area contributed by atoms with Gasteiger partial charge in [0.1, 0.15) is 17.3 Å². The number of esters is 1. The number of carbonyl (C=O) groups excluding carboxylic acids is 1. The van der Waals surface area contributed by atoms with Crippen molar-refractivity contribution in [3.8, 4) is 23.0 Å². The van der Waals surface area contributed by atoms with Crippen LogP contribution in [0.3, 0.4) is 0 Å². The largest absolute Gasteiger partial charge is 0.444 e. The topological polar surface area (TPSA) is 67.9 Å². The predicted octanol–water partition coefficient (Wildman–Crippen LogP) is 4.23. The van der Waals surface area contributed by atoms with Crippen LogP contribution in [0.15, 0.2) is 54.7 Å². The Balaban J connectivity index is 2.13. The van der Waals surface area contributed by atoms with Gasteiger partial charge in [0.25, 0.3) is 0 Å². The Morgan fingerprint density at radius 3 is 2.58 bits per heavy atom. The molecule has 0 bridgehead atoms. The number of para-hydroxylation sites is 1. The Kier molecular flexibility index (Phi) is 4.85. The van der Waals surface area contributed by atoms with Crippen LogP contribution in [0.25, 0.3) is 16.9 Å². The normalized spacial score (nSPS) is 11.6. The Bertz CT molecular complexity index is 984. The number of nitrogens with zero attached hydrogens (tertiary/aromatic N) is 3. The van der Waals surface area contributed by atoms with Crippen LogP contribution in [0.4, 0.5) is 0 Å². The lowest BCUT2D eigenvalue weighted by molar-refractivity contribution is 0.0436. The molecule has 26 heavy (non-hydrogen) atoms. The van der Waals surface area contributed by atoms with Crippen LogP contribution in [0.1, 0.15) is 28.4 Å². The van der Waals surface area contributed by atoms with E-state index in [1.807, 2.05) is 68.4 Å². The fourth-order valence-corrected chi connectivity index (χ4v) is 2.76. The van der Waals surface area contributed by atoms with Crippen LogP contribution in [0, 0.1) is 25.2 Å². The van der Waals surface area contributed by atoms with E-state index in [-0.39, 0.29) is 0 Å². The Morgan fingerprint density at radius 1 is 1.19 bits per heavy atom. The molecule has 0 aliphatic rings. The highest BCUT2D eigenvalue weighted by Crippen LogP contribution is 2.28. The minimum Gasteiger partial charge on any atom is -0.444 e. The van der Waals surface area contributed by atoms with Crippen LogP contribution in [-0.2, 0) is 4.74 Å². The van der Waals surface area contributed by atoms with Gasteiger partial charge in [0.2, 0.25) is 0 Å². The molecular formula is C21H19N3O2. The monoisotopic (exact) mass is 345 g/mol. The summed E-state index contributed by atoms with van der Waals surface area (Å²) in [6, 6.07) is 17.4. The first kappa shape index (κ1) is 17.4. The van der Waals surface area contributed by atoms with Gasteiger partial charge in [0.15, 0.2) is 6.10 Å². The first-order chi connectivity index (χ1) is 12.5. The third-order valence-electron chi connectivity index (χ3n) is 4.06. The minimum atomic E-state index is -0.824. The zero-order valence-electron chi connectivity index (χ0n) is 14.9. The highest BCUT2D eigenvalue weighted by atomic mass is 16.5. The van der Waals surface area contributed by atoms with Gasteiger partial charge in [0, 0.05) is 11.8 Å². The molecule has 1 heterocycles. The van der Waals surface area contributed by atoms with Gasteiger partial charge in [-0.25, -0.2) is 9.48 Å². The van der Waals surface area contributed by atoms with Crippen molar-refractivity contribution in [2.45, 2.75) is 26.9 Å². The molecule has 0 radical (unpaired) electrons. The van der Waals surface area contributed by atoms with Crippen molar-refractivity contribution in [2.24, 2.45) is 0 Å². The van der Waals surface area contributed by atoms with Gasteiger partial charge in [-0.2, -0.15) is 10.4 Å². The number of carbonyl (C=O) groups is 1. The molecule has 0 fully saturated rings. The summed E-state index contributed by atoms with van der Waals surface area (Å²) in [6.07, 6.45) is 0.825. The third kappa shape index (κ3) is 3.50. The van der Waals surface area contributed by atoms with Gasteiger partial charge in [0.05, 0.1) is 5.69 Å². The maximum Gasteiger partial charge on any atom is 0.343 e. The molecule has 0 spiro atoms. The summed E-state index contributed by atoms with van der Waals surface area (Å²) in [5.41, 5.74) is 4.74. The summed E-state index contributed by atoms with van der Waals surface area (Å²) in [5, 5.41) is 13.6. The maximum atomic E-state index is 12.6. The second kappa shape index (κ2) is 7.24. The molecule has 0 saturated carbocycles. The van der Waals surface area contributed by atoms with Crippen molar-refractivity contribution in [3.05, 3.63) is 71.4 Å². The molecule has 1 aromatic heterocycles. The van der Waals surface area contributed by atoms with Gasteiger partial charge in [-0.15, -0.1) is 0 Å². The molecule has 2 aromatic carbocycles. The van der Waals surface area contributed by atoms with E-state index in [0.717, 1.165) is 22.4 Å². The second-order valence-corrected chi connectivity index (χ2v) is 6.17. The number of rotatable bonds is 4. The van der Waals surface area contributed by atoms with Crippen LogP contribution < -0.4 is 0 Å². The van der Waals surface area contributed by atoms with Crippen molar-refractivity contribution >= 4 is 5.97 Å². The van der Waals surface area contributed by atoms with Gasteiger partial charge < -0.3 is 4.74 Å². The number of hydrogen-bond donors (Lipinski definition) is 0. The molecular weight excluding hydrogens is 326 g/mol. The van der Waals surface area contributed by atoms with Crippen LogP contribution in [0.5, 0.6) is 0 Å². The molecule has 5 heteroatoms. The van der Waals surface area contributed by atoms with E-state index in [1.54, 1.807) is 10.9 Å². The van der Waals surface area contributed by atoms with Crippen molar-refractivity contribution < 1.29 is 9.53 Å². The maximum absolute atomic E-state index is 12.6. The number of aromatic nitrogens is 2. The van der Waals surface area contributed by atoms with E-state index in [9.17, 15) is 4.79 Å². The first-order valence-electron chi connectivity index (χ1n) is 8.33. The fraction of sp³-hybridized carbons (Fsp3) is 0.190. The Hall–Kier alpha value is -3.39. The predicted molar refractivity (Wildman–Crippen MR) is 99.0 cm³/mol. The molecule has 0 saturated heterocycles. The van der Waals surface area contributed by atoms with E-state index < -0.39 is 12.1 Å². The molecule has 0 amide bonds. The summed E-state index contributed by atoms with van der Waals surface area (Å²) < 4.78 is 6.86. The van der Waals surface area contributed by atoms with E-state index in [0.29, 0.717) is 11.3 Å². The van der Waals surface area contributed by atoms with E-state index >= 15 is 0 Å². The highest BCUT2D eigenvalue weighted by molar-refractivity contribution is 5.96. The molecule has 0 unspecified atom stereocenters. The Labute approximate surface area is 152 Å². The molecule has 5 nitrogen and oxygen atoms in total. The lowest BCUT2D eigenvalue weighted by Crippen LogP contribution is -2.13. The number of ether oxygens (including phenoxy) is 1. The van der Waals surface area contributed by atoms with Gasteiger partial charge in [-0.05, 0) is 38.5 Å². The summed E-state index contributed by atoms with van der Waals surface area (Å²) in [5.74, 6) is -0.559. The summed E-state index contributed by atoms with van der Waals surface area (Å²) in [7, 11) is 0. The summed E-state index contributed by atoms with van der Waals surface area (Å²) in [4.78, 5) is 12.6. The summed E-state index contributed by atoms with van der Waals surface area (Å²) in [6.45, 7) is 5.54. The number of aryl methyl sites for hydroxylation is 2. The fourth-order valence-electron chi connectivity index (χ4n) is 2.76. The molecule has 0 aliphatic carbocycles. The molecule has 130 valence electrons. The van der Waals surface area contributed by atoms with E-state index in [4.69, 9.17) is 10.00 Å². The standard InChI is InChI=1S/C21H19N3O2/c1-14-9-10-18(15(2)11-14)20-19(21(25)26-16(3)12-22)13-24(23-20)17-7-5-4-6-8-17/h4-11,13,16H,1-3H3/t16-/m0/s1. The van der Waals surface area contributed by atoms with Crippen molar-refractivity contribution in [3.63, 3.8) is 0 Å². The van der Waals surface area contributed by atoms with Gasteiger partial charge in [-0.1, -0.05) is 42.0 Å². The van der Waals surface area contributed by atoms with E-state index in [2.05, 4.69) is 5.10 Å². The average Bonchev–Trinajstić information content (AvgIpc) is 3.07. The minimum absolute atomic E-state index is 0.336. The Morgan fingerprint density at radius 2 is 1.92 bits per heavy atom. The number of nitriles is 1. The summed E-state index contributed by atoms with van der Waals surface area (Å²) >= 11 is 0. The zero-order chi connectivity index (χ0) is 18.7. The van der Waals surface area contributed by atoms with Crippen LogP contribution >= 0.6 is 0 Å². The first-order valence-corrected chi connectivity index (χ1v) is 8.33. The van der Waals surface area contributed by atoms with Crippen molar-refractivity contribution in [1.29, 1.82) is 5.26 Å². The quantitative estimate of drug-likeness (QED) is 0.664. The third-order valence-corrected chi connectivity index (χ3v) is 4.06. The zero-order valence-corrected chi connectivity index (χ0v) is 14.9. The smallest absolute Gasteiger partial charge is 0.343 e. The van der Waals surface area contributed by atoms with E-state index in [1.165, 1.54) is 6.92 Å². The lowest BCUT2D eigenvalue weighted by atomic mass is 10.0. The second-order valence-electron chi connectivity index (χ2n) is 6.17. The molecule has 1 atom stereocenters. The van der Waals surface area contributed by atoms with Crippen molar-refractivity contribution in [1.82, 2.24) is 9.78 Å². The molecule has 3 rings (SSSR count). The SMILES string of the molecule is Cc1ccc(-c2nn(-c3ccccc3)cc2C(=O)O[C@@H](C)C#N)c(C)c1. The molecule has 0 N–H and O–H groups in total. The van der Waals surface area contributed by atoms with Gasteiger partial charge in [-0.3, -0.25) is 0 Å². The number of benzene rings is 2. The average molecular weight is 345 g/mol. The van der Waals surface area contributed by atoms with Crippen molar-refractivity contribution in [2.75, 3.05) is 0 Å². The number of hydrogen-bond acceptors (Lipinski definition) is 4. The van der Waals surface area contributed by atoms with Crippen LogP contribution in [-0.4, -0.2) is 21.9 Å².